The lowest BCUT2D eigenvalue weighted by Gasteiger charge is -2.45. The highest BCUT2D eigenvalue weighted by molar-refractivity contribution is 5.82. The van der Waals surface area contributed by atoms with Gasteiger partial charge >= 0.3 is 0 Å². The quantitative estimate of drug-likeness (QED) is 0.794. The van der Waals surface area contributed by atoms with Gasteiger partial charge < -0.3 is 14.4 Å². The third-order valence-corrected chi connectivity index (χ3v) is 4.53. The second-order valence-electron chi connectivity index (χ2n) is 6.56. The first kappa shape index (κ1) is 14.5. The number of nitrogens with zero attached hydrogens (tertiary/aromatic N) is 1. The Kier molecular flexibility index (Phi) is 3.76. The van der Waals surface area contributed by atoms with Crippen molar-refractivity contribution in [2.75, 3.05) is 19.8 Å². The van der Waals surface area contributed by atoms with Gasteiger partial charge in [0.05, 0.1) is 19.8 Å². The lowest BCUT2D eigenvalue weighted by molar-refractivity contribution is -0.164. The number of benzene rings is 1. The number of amides is 1. The number of aryl methyl sites for hydroxylation is 1. The minimum absolute atomic E-state index is 0.0480. The normalized spacial score (nSPS) is 24.5. The Morgan fingerprint density at radius 3 is 2.86 bits per heavy atom. The zero-order chi connectivity index (χ0) is 15.0. The Morgan fingerprint density at radius 2 is 2.14 bits per heavy atom. The molecule has 114 valence electrons. The molecule has 2 aliphatic rings. The van der Waals surface area contributed by atoms with E-state index in [0.29, 0.717) is 26.4 Å². The second-order valence-corrected chi connectivity index (χ2v) is 6.56. The fourth-order valence-corrected chi connectivity index (χ4v) is 3.26. The standard InChI is InChI=1S/C17H23NO3/c1-12-5-4-6-13-10-18(17(2,3)9-14(12)13)16(19)15-11-20-7-8-21-15/h4-6,15H,7-11H2,1-3H3/t15-/m0/s1. The SMILES string of the molecule is Cc1cccc2c1CC(C)(C)N(C(=O)[C@@H]1COCCO1)C2. The van der Waals surface area contributed by atoms with Crippen molar-refractivity contribution in [1.29, 1.82) is 0 Å². The third-order valence-electron chi connectivity index (χ3n) is 4.53. The van der Waals surface area contributed by atoms with E-state index < -0.39 is 6.10 Å². The third kappa shape index (κ3) is 2.70. The maximum Gasteiger partial charge on any atom is 0.254 e. The van der Waals surface area contributed by atoms with E-state index in [1.807, 2.05) is 4.90 Å². The van der Waals surface area contributed by atoms with Crippen molar-refractivity contribution in [3.8, 4) is 0 Å². The molecule has 21 heavy (non-hydrogen) atoms. The highest BCUT2D eigenvalue weighted by Crippen LogP contribution is 2.33. The first-order chi connectivity index (χ1) is 9.99. The minimum atomic E-state index is -0.454. The molecular weight excluding hydrogens is 266 g/mol. The topological polar surface area (TPSA) is 38.8 Å². The van der Waals surface area contributed by atoms with Crippen LogP contribution in [0.3, 0.4) is 0 Å². The van der Waals surface area contributed by atoms with E-state index in [4.69, 9.17) is 9.47 Å². The van der Waals surface area contributed by atoms with Crippen LogP contribution in [0.2, 0.25) is 0 Å². The summed E-state index contributed by atoms with van der Waals surface area (Å²) in [5.74, 6) is 0.0480. The molecule has 0 aliphatic carbocycles. The molecule has 0 saturated carbocycles. The van der Waals surface area contributed by atoms with E-state index in [9.17, 15) is 4.79 Å². The zero-order valence-electron chi connectivity index (χ0n) is 13.0. The number of fused-ring (bicyclic) bond motifs is 1. The van der Waals surface area contributed by atoms with Gasteiger partial charge in [0.15, 0.2) is 6.10 Å². The molecule has 4 nitrogen and oxygen atoms in total. The molecule has 2 aliphatic heterocycles. The van der Waals surface area contributed by atoms with Crippen LogP contribution < -0.4 is 0 Å². The fourth-order valence-electron chi connectivity index (χ4n) is 3.26. The smallest absolute Gasteiger partial charge is 0.254 e. The van der Waals surface area contributed by atoms with Crippen LogP contribution in [0.5, 0.6) is 0 Å². The summed E-state index contributed by atoms with van der Waals surface area (Å²) in [6.45, 7) is 8.50. The number of rotatable bonds is 1. The van der Waals surface area contributed by atoms with Gasteiger partial charge in [0.25, 0.3) is 5.91 Å². The van der Waals surface area contributed by atoms with Crippen LogP contribution in [-0.4, -0.2) is 42.3 Å². The van der Waals surface area contributed by atoms with Gasteiger partial charge in [-0.3, -0.25) is 4.79 Å². The second kappa shape index (κ2) is 5.43. The van der Waals surface area contributed by atoms with Crippen LogP contribution in [0.25, 0.3) is 0 Å². The van der Waals surface area contributed by atoms with Crippen molar-refractivity contribution in [1.82, 2.24) is 4.90 Å². The van der Waals surface area contributed by atoms with E-state index in [0.717, 1.165) is 6.42 Å². The van der Waals surface area contributed by atoms with Gasteiger partial charge in [-0.25, -0.2) is 0 Å². The average molecular weight is 289 g/mol. The van der Waals surface area contributed by atoms with Crippen molar-refractivity contribution >= 4 is 5.91 Å². The van der Waals surface area contributed by atoms with E-state index in [-0.39, 0.29) is 11.4 Å². The molecule has 4 heteroatoms. The zero-order valence-corrected chi connectivity index (χ0v) is 13.0. The molecule has 0 radical (unpaired) electrons. The summed E-state index contributed by atoms with van der Waals surface area (Å²) in [5, 5.41) is 0. The minimum Gasteiger partial charge on any atom is -0.376 e. The van der Waals surface area contributed by atoms with Crippen molar-refractivity contribution < 1.29 is 14.3 Å². The molecule has 0 spiro atoms. The molecule has 3 rings (SSSR count). The van der Waals surface area contributed by atoms with Gasteiger partial charge in [-0.15, -0.1) is 0 Å². The van der Waals surface area contributed by atoms with Crippen LogP contribution in [0.4, 0.5) is 0 Å². The van der Waals surface area contributed by atoms with Gasteiger partial charge in [-0.1, -0.05) is 18.2 Å². The van der Waals surface area contributed by atoms with Crippen molar-refractivity contribution in [3.63, 3.8) is 0 Å². The Labute approximate surface area is 126 Å². The molecule has 1 atom stereocenters. The van der Waals surface area contributed by atoms with Crippen molar-refractivity contribution in [2.45, 2.75) is 45.4 Å². The summed E-state index contributed by atoms with van der Waals surface area (Å²) in [5.41, 5.74) is 3.74. The first-order valence-electron chi connectivity index (χ1n) is 7.57. The van der Waals surface area contributed by atoms with Crippen LogP contribution >= 0.6 is 0 Å². The Morgan fingerprint density at radius 1 is 1.33 bits per heavy atom. The molecule has 1 aromatic carbocycles. The van der Waals surface area contributed by atoms with E-state index in [1.54, 1.807) is 0 Å². The predicted molar refractivity (Wildman–Crippen MR) is 80.1 cm³/mol. The monoisotopic (exact) mass is 289 g/mol. The highest BCUT2D eigenvalue weighted by Gasteiger charge is 2.39. The summed E-state index contributed by atoms with van der Waals surface area (Å²) in [7, 11) is 0. The molecule has 0 bridgehead atoms. The predicted octanol–water partition coefficient (Wildman–Crippen LogP) is 2.07. The Bertz CT molecular complexity index is 547. The Balaban J connectivity index is 1.87. The number of hydrogen-bond donors (Lipinski definition) is 0. The van der Waals surface area contributed by atoms with Gasteiger partial charge in [-0.2, -0.15) is 0 Å². The van der Waals surface area contributed by atoms with Crippen molar-refractivity contribution in [2.24, 2.45) is 0 Å². The molecule has 0 N–H and O–H groups in total. The largest absolute Gasteiger partial charge is 0.376 e. The van der Waals surface area contributed by atoms with Gasteiger partial charge in [-0.05, 0) is 43.9 Å². The number of hydrogen-bond acceptors (Lipinski definition) is 3. The summed E-state index contributed by atoms with van der Waals surface area (Å²) in [6.07, 6.45) is 0.429. The van der Waals surface area contributed by atoms with E-state index in [2.05, 4.69) is 39.0 Å². The van der Waals surface area contributed by atoms with E-state index in [1.165, 1.54) is 16.7 Å². The summed E-state index contributed by atoms with van der Waals surface area (Å²) in [4.78, 5) is 14.7. The van der Waals surface area contributed by atoms with E-state index >= 15 is 0 Å². The molecule has 0 unspecified atom stereocenters. The summed E-state index contributed by atoms with van der Waals surface area (Å²) >= 11 is 0. The summed E-state index contributed by atoms with van der Waals surface area (Å²) < 4.78 is 11.0. The molecule has 1 saturated heterocycles. The number of ether oxygens (including phenoxy) is 2. The Hall–Kier alpha value is -1.39. The van der Waals surface area contributed by atoms with Crippen molar-refractivity contribution in [3.05, 3.63) is 34.9 Å². The van der Waals surface area contributed by atoms with Crippen LogP contribution in [0.1, 0.15) is 30.5 Å². The van der Waals surface area contributed by atoms with Crippen LogP contribution in [0, 0.1) is 6.92 Å². The fraction of sp³-hybridized carbons (Fsp3) is 0.588. The van der Waals surface area contributed by atoms with Gasteiger partial charge in [0.1, 0.15) is 0 Å². The molecule has 1 fully saturated rings. The molecule has 1 amide bonds. The van der Waals surface area contributed by atoms with Crippen LogP contribution in [-0.2, 0) is 27.2 Å². The summed E-state index contributed by atoms with van der Waals surface area (Å²) in [6, 6.07) is 6.33. The van der Waals surface area contributed by atoms with Crippen LogP contribution in [0.15, 0.2) is 18.2 Å². The molecule has 2 heterocycles. The van der Waals surface area contributed by atoms with Gasteiger partial charge in [0.2, 0.25) is 0 Å². The lowest BCUT2D eigenvalue weighted by Crippen LogP contribution is -2.56. The lowest BCUT2D eigenvalue weighted by atomic mass is 9.83. The maximum atomic E-state index is 12.8. The highest BCUT2D eigenvalue weighted by atomic mass is 16.6. The first-order valence-corrected chi connectivity index (χ1v) is 7.57. The number of carbonyl (C=O) groups is 1. The average Bonchev–Trinajstić information content (AvgIpc) is 2.47. The number of carbonyl (C=O) groups excluding carboxylic acids is 1. The molecular formula is C17H23NO3. The van der Waals surface area contributed by atoms with Gasteiger partial charge in [0, 0.05) is 12.1 Å². The molecule has 0 aromatic heterocycles. The molecule has 1 aromatic rings. The maximum absolute atomic E-state index is 12.8.